The van der Waals surface area contributed by atoms with Crippen LogP contribution in [0.2, 0.25) is 0 Å². The Morgan fingerprint density at radius 2 is 1.63 bits per heavy atom. The highest BCUT2D eigenvalue weighted by molar-refractivity contribution is 7.92. The van der Waals surface area contributed by atoms with E-state index < -0.39 is 32.4 Å². The van der Waals surface area contributed by atoms with Crippen molar-refractivity contribution in [1.82, 2.24) is 4.57 Å². The number of aryl methyl sites for hydroxylation is 1. The summed E-state index contributed by atoms with van der Waals surface area (Å²) in [5.41, 5.74) is -0.384. The van der Waals surface area contributed by atoms with E-state index in [2.05, 4.69) is 0 Å². The summed E-state index contributed by atoms with van der Waals surface area (Å²) >= 11 is 0. The number of hydrogen-bond acceptors (Lipinski definition) is 2. The molecule has 0 spiro atoms. The summed E-state index contributed by atoms with van der Waals surface area (Å²) in [7, 11) is -3.06. The lowest BCUT2D eigenvalue weighted by molar-refractivity contribution is 0.521. The van der Waals surface area contributed by atoms with Crippen LogP contribution in [0.15, 0.2) is 35.5 Å². The Morgan fingerprint density at radius 3 is 2.11 bits per heavy atom. The number of nitrogens with one attached hydrogen (secondary N) is 1. The van der Waals surface area contributed by atoms with Crippen molar-refractivity contribution < 1.29 is 21.6 Å². The first kappa shape index (κ1) is 13.5. The summed E-state index contributed by atoms with van der Waals surface area (Å²) in [6, 6.07) is 2.64. The van der Waals surface area contributed by atoms with Crippen molar-refractivity contribution in [2.45, 2.75) is 4.90 Å². The Morgan fingerprint density at radius 1 is 1.05 bits per heavy atom. The summed E-state index contributed by atoms with van der Waals surface area (Å²) < 4.78 is 66.9. The third-order valence-electron chi connectivity index (χ3n) is 2.34. The molecule has 0 aliphatic heterocycles. The quantitative estimate of drug-likeness (QED) is 0.942. The van der Waals surface area contributed by atoms with Gasteiger partial charge in [-0.1, -0.05) is 6.07 Å². The zero-order valence-corrected chi connectivity index (χ0v) is 10.5. The highest BCUT2D eigenvalue weighted by Crippen LogP contribution is 2.23. The van der Waals surface area contributed by atoms with Crippen molar-refractivity contribution >= 4 is 15.7 Å². The summed E-state index contributed by atoms with van der Waals surface area (Å²) in [5, 5.41) is 0. The van der Waals surface area contributed by atoms with Gasteiger partial charge >= 0.3 is 0 Å². The molecule has 1 aromatic carbocycles. The van der Waals surface area contributed by atoms with Crippen molar-refractivity contribution in [2.24, 2.45) is 7.05 Å². The van der Waals surface area contributed by atoms with Crippen LogP contribution >= 0.6 is 0 Å². The first-order valence-electron chi connectivity index (χ1n) is 5.09. The van der Waals surface area contributed by atoms with Gasteiger partial charge in [-0.15, -0.1) is 0 Å². The number of anilines is 1. The normalized spacial score (nSPS) is 11.6. The number of sulfonamides is 1. The van der Waals surface area contributed by atoms with Crippen molar-refractivity contribution in [2.75, 3.05) is 4.72 Å². The Labute approximate surface area is 107 Å². The molecule has 8 heteroatoms. The Bertz CT molecular complexity index is 705. The third kappa shape index (κ3) is 2.58. The van der Waals surface area contributed by atoms with Crippen molar-refractivity contribution in [3.63, 3.8) is 0 Å². The van der Waals surface area contributed by atoms with Gasteiger partial charge in [-0.2, -0.15) is 0 Å². The van der Waals surface area contributed by atoms with E-state index in [1.165, 1.54) is 11.6 Å². The standard InChI is InChI=1S/C11H9F3N2O2S/c1-16-5-9(14)10(6-16)15-19(17,18)11-7(12)3-2-4-8(11)13/h2-6,15H,1H3. The molecule has 0 saturated carbocycles. The van der Waals surface area contributed by atoms with Gasteiger partial charge in [0.25, 0.3) is 10.0 Å². The lowest BCUT2D eigenvalue weighted by Gasteiger charge is -2.08. The van der Waals surface area contributed by atoms with Crippen LogP contribution in [-0.2, 0) is 17.1 Å². The lowest BCUT2D eigenvalue weighted by Crippen LogP contribution is -2.16. The molecule has 2 rings (SSSR count). The summed E-state index contributed by atoms with van der Waals surface area (Å²) in [6.45, 7) is 0. The van der Waals surface area contributed by atoms with Crippen LogP contribution < -0.4 is 4.72 Å². The number of hydrogen-bond donors (Lipinski definition) is 1. The van der Waals surface area contributed by atoms with Gasteiger partial charge < -0.3 is 4.57 Å². The molecule has 0 unspecified atom stereocenters. The zero-order chi connectivity index (χ0) is 14.2. The van der Waals surface area contributed by atoms with E-state index in [9.17, 15) is 21.6 Å². The molecule has 0 fully saturated rings. The van der Waals surface area contributed by atoms with Gasteiger partial charge in [0.05, 0.1) is 0 Å². The van der Waals surface area contributed by atoms with E-state index in [0.717, 1.165) is 30.6 Å². The predicted molar refractivity (Wildman–Crippen MR) is 62.5 cm³/mol. The van der Waals surface area contributed by atoms with E-state index in [4.69, 9.17) is 0 Å². The molecule has 1 N–H and O–H groups in total. The first-order chi connectivity index (χ1) is 8.81. The highest BCUT2D eigenvalue weighted by Gasteiger charge is 2.25. The van der Waals surface area contributed by atoms with Crippen molar-refractivity contribution in [1.29, 1.82) is 0 Å². The maximum atomic E-state index is 13.4. The summed E-state index contributed by atoms with van der Waals surface area (Å²) in [5.74, 6) is -3.34. The zero-order valence-electron chi connectivity index (χ0n) is 9.69. The molecule has 1 aromatic heterocycles. The number of aromatic nitrogens is 1. The Kier molecular flexibility index (Phi) is 3.27. The second kappa shape index (κ2) is 4.61. The molecule has 19 heavy (non-hydrogen) atoms. The van der Waals surface area contributed by atoms with Crippen LogP contribution in [-0.4, -0.2) is 13.0 Å². The molecule has 0 amide bonds. The van der Waals surface area contributed by atoms with Crippen LogP contribution in [0.3, 0.4) is 0 Å². The van der Waals surface area contributed by atoms with E-state index in [0.29, 0.717) is 0 Å². The average Bonchev–Trinajstić information content (AvgIpc) is 2.55. The van der Waals surface area contributed by atoms with Crippen LogP contribution in [0.25, 0.3) is 0 Å². The van der Waals surface area contributed by atoms with Crippen molar-refractivity contribution in [3.8, 4) is 0 Å². The van der Waals surface area contributed by atoms with E-state index in [1.54, 1.807) is 4.72 Å². The molecule has 4 nitrogen and oxygen atoms in total. The van der Waals surface area contributed by atoms with E-state index in [-0.39, 0.29) is 5.69 Å². The minimum Gasteiger partial charge on any atom is -0.352 e. The van der Waals surface area contributed by atoms with Crippen LogP contribution in [0, 0.1) is 17.5 Å². The fraction of sp³-hybridized carbons (Fsp3) is 0.0909. The van der Waals surface area contributed by atoms with E-state index in [1.807, 2.05) is 0 Å². The van der Waals surface area contributed by atoms with Gasteiger partial charge in [-0.25, -0.2) is 21.6 Å². The molecule has 0 saturated heterocycles. The molecular formula is C11H9F3N2O2S. The second-order valence-electron chi connectivity index (χ2n) is 3.84. The van der Waals surface area contributed by atoms with Gasteiger partial charge in [-0.3, -0.25) is 4.72 Å². The van der Waals surface area contributed by atoms with Gasteiger partial charge in [0.15, 0.2) is 10.7 Å². The van der Waals surface area contributed by atoms with Crippen molar-refractivity contribution in [3.05, 3.63) is 48.0 Å². The maximum Gasteiger partial charge on any atom is 0.267 e. The average molecular weight is 290 g/mol. The molecule has 0 aliphatic rings. The number of benzene rings is 1. The Balaban J connectivity index is 2.47. The fourth-order valence-corrected chi connectivity index (χ4v) is 2.75. The predicted octanol–water partition coefficient (Wildman–Crippen LogP) is 2.24. The molecule has 0 radical (unpaired) electrons. The van der Waals surface area contributed by atoms with Gasteiger partial charge in [0, 0.05) is 19.4 Å². The molecule has 2 aromatic rings. The molecule has 102 valence electrons. The summed E-state index contributed by atoms with van der Waals surface area (Å²) in [6.07, 6.45) is 2.17. The third-order valence-corrected chi connectivity index (χ3v) is 3.76. The first-order valence-corrected chi connectivity index (χ1v) is 6.58. The molecule has 0 atom stereocenters. The monoisotopic (exact) mass is 290 g/mol. The van der Waals surface area contributed by atoms with Crippen LogP contribution in [0.1, 0.15) is 0 Å². The van der Waals surface area contributed by atoms with Gasteiger partial charge in [0.1, 0.15) is 17.3 Å². The van der Waals surface area contributed by atoms with Crippen LogP contribution in [0.5, 0.6) is 0 Å². The smallest absolute Gasteiger partial charge is 0.267 e. The van der Waals surface area contributed by atoms with Gasteiger partial charge in [-0.05, 0) is 12.1 Å². The number of rotatable bonds is 3. The molecule has 0 aliphatic carbocycles. The SMILES string of the molecule is Cn1cc(F)c(NS(=O)(=O)c2c(F)cccc2F)c1. The number of halogens is 3. The highest BCUT2D eigenvalue weighted by atomic mass is 32.2. The fourth-order valence-electron chi connectivity index (χ4n) is 1.56. The largest absolute Gasteiger partial charge is 0.352 e. The minimum atomic E-state index is -4.54. The number of nitrogens with zero attached hydrogens (tertiary/aromatic N) is 1. The molecule has 1 heterocycles. The Hall–Kier alpha value is -1.96. The van der Waals surface area contributed by atoms with Gasteiger partial charge in [0.2, 0.25) is 0 Å². The lowest BCUT2D eigenvalue weighted by atomic mass is 10.3. The second-order valence-corrected chi connectivity index (χ2v) is 5.46. The molecule has 0 bridgehead atoms. The molecular weight excluding hydrogens is 281 g/mol. The minimum absolute atomic E-state index is 0.384. The van der Waals surface area contributed by atoms with E-state index >= 15 is 0 Å². The maximum absolute atomic E-state index is 13.4. The summed E-state index contributed by atoms with van der Waals surface area (Å²) in [4.78, 5) is -1.14. The van der Waals surface area contributed by atoms with Crippen LogP contribution in [0.4, 0.5) is 18.9 Å². The topological polar surface area (TPSA) is 51.1 Å².